The number of H-pyrrole nitrogens is 1. The van der Waals surface area contributed by atoms with Crippen molar-refractivity contribution in [3.8, 4) is 11.6 Å². The SMILES string of the molecule is COc1ncccc1Nc1cc2c(cn1)c(=O)[nH]n2-c1ccccc1. The summed E-state index contributed by atoms with van der Waals surface area (Å²) in [5.41, 5.74) is 2.11. The molecule has 0 saturated carbocycles. The Morgan fingerprint density at radius 2 is 1.96 bits per heavy atom. The zero-order valence-electron chi connectivity index (χ0n) is 13.4. The van der Waals surface area contributed by atoms with Gasteiger partial charge in [-0.25, -0.2) is 9.97 Å². The van der Waals surface area contributed by atoms with E-state index in [-0.39, 0.29) is 5.56 Å². The number of fused-ring (bicyclic) bond motifs is 1. The van der Waals surface area contributed by atoms with Crippen LogP contribution in [0.25, 0.3) is 16.6 Å². The van der Waals surface area contributed by atoms with E-state index in [1.807, 2.05) is 42.5 Å². The van der Waals surface area contributed by atoms with E-state index < -0.39 is 0 Å². The van der Waals surface area contributed by atoms with Gasteiger partial charge in [0.2, 0.25) is 5.88 Å². The summed E-state index contributed by atoms with van der Waals surface area (Å²) < 4.78 is 6.98. The fraction of sp³-hybridized carbons (Fsp3) is 0.0556. The molecule has 0 aliphatic rings. The summed E-state index contributed by atoms with van der Waals surface area (Å²) in [5, 5.41) is 6.54. The molecule has 0 saturated heterocycles. The number of anilines is 2. The lowest BCUT2D eigenvalue weighted by Gasteiger charge is -2.10. The Kier molecular flexibility index (Phi) is 3.66. The van der Waals surface area contributed by atoms with Crippen LogP contribution in [-0.2, 0) is 0 Å². The number of benzene rings is 1. The topological polar surface area (TPSA) is 84.8 Å². The molecule has 4 aromatic rings. The van der Waals surface area contributed by atoms with Crippen LogP contribution in [0.4, 0.5) is 11.5 Å². The highest BCUT2D eigenvalue weighted by molar-refractivity contribution is 5.82. The van der Waals surface area contributed by atoms with Gasteiger partial charge in [-0.15, -0.1) is 0 Å². The van der Waals surface area contributed by atoms with Crippen LogP contribution in [0.15, 0.2) is 65.7 Å². The van der Waals surface area contributed by atoms with E-state index in [1.165, 1.54) is 0 Å². The summed E-state index contributed by atoms with van der Waals surface area (Å²) in [6.45, 7) is 0. The lowest BCUT2D eigenvalue weighted by molar-refractivity contribution is 0.400. The van der Waals surface area contributed by atoms with E-state index in [0.29, 0.717) is 22.8 Å². The predicted molar refractivity (Wildman–Crippen MR) is 95.8 cm³/mol. The first kappa shape index (κ1) is 14.9. The van der Waals surface area contributed by atoms with Gasteiger partial charge in [0.15, 0.2) is 0 Å². The van der Waals surface area contributed by atoms with Gasteiger partial charge in [0, 0.05) is 18.5 Å². The number of rotatable bonds is 4. The van der Waals surface area contributed by atoms with E-state index >= 15 is 0 Å². The molecule has 7 nitrogen and oxygen atoms in total. The molecule has 0 unspecified atom stereocenters. The molecule has 3 heterocycles. The van der Waals surface area contributed by atoms with Gasteiger partial charge >= 0.3 is 0 Å². The summed E-state index contributed by atoms with van der Waals surface area (Å²) in [6, 6.07) is 15.1. The Balaban J connectivity index is 1.81. The third-order valence-electron chi connectivity index (χ3n) is 3.82. The van der Waals surface area contributed by atoms with Crippen LogP contribution in [0, 0.1) is 0 Å². The molecular weight excluding hydrogens is 318 g/mol. The number of methoxy groups -OCH3 is 1. The number of para-hydroxylation sites is 1. The normalized spacial score (nSPS) is 10.8. The predicted octanol–water partition coefficient (Wildman–Crippen LogP) is 2.86. The van der Waals surface area contributed by atoms with Gasteiger partial charge < -0.3 is 10.1 Å². The number of pyridine rings is 2. The first-order chi connectivity index (χ1) is 12.3. The second-order valence-corrected chi connectivity index (χ2v) is 5.38. The summed E-state index contributed by atoms with van der Waals surface area (Å²) in [6.07, 6.45) is 3.21. The molecule has 0 aliphatic heterocycles. The van der Waals surface area contributed by atoms with Crippen LogP contribution in [0.2, 0.25) is 0 Å². The minimum absolute atomic E-state index is 0.183. The molecule has 1 aromatic carbocycles. The lowest BCUT2D eigenvalue weighted by Crippen LogP contribution is -2.03. The Morgan fingerprint density at radius 1 is 1.12 bits per heavy atom. The Bertz CT molecular complexity index is 1090. The molecule has 3 aromatic heterocycles. The molecule has 0 fully saturated rings. The van der Waals surface area contributed by atoms with Crippen molar-refractivity contribution in [3.05, 3.63) is 71.3 Å². The van der Waals surface area contributed by atoms with Gasteiger partial charge in [0.1, 0.15) is 11.5 Å². The third-order valence-corrected chi connectivity index (χ3v) is 3.82. The molecule has 25 heavy (non-hydrogen) atoms. The van der Waals surface area contributed by atoms with Crippen molar-refractivity contribution in [1.29, 1.82) is 0 Å². The van der Waals surface area contributed by atoms with Gasteiger partial charge in [-0.1, -0.05) is 18.2 Å². The van der Waals surface area contributed by atoms with Crippen molar-refractivity contribution in [2.45, 2.75) is 0 Å². The van der Waals surface area contributed by atoms with E-state index in [1.54, 1.807) is 30.3 Å². The standard InChI is InChI=1S/C18H15N5O2/c1-25-18-14(8-5-9-19-18)21-16-10-15-13(11-20-16)17(24)22-23(15)12-6-3-2-4-7-12/h2-11H,1H3,(H,20,21)(H,22,24). The van der Waals surface area contributed by atoms with Crippen LogP contribution in [0.5, 0.6) is 5.88 Å². The molecule has 0 atom stereocenters. The average molecular weight is 333 g/mol. The maximum Gasteiger partial charge on any atom is 0.273 e. The molecule has 0 amide bonds. The van der Waals surface area contributed by atoms with Crippen molar-refractivity contribution >= 4 is 22.4 Å². The molecule has 7 heteroatoms. The Hall–Kier alpha value is -3.61. The molecule has 0 aliphatic carbocycles. The van der Waals surface area contributed by atoms with Crippen LogP contribution < -0.4 is 15.6 Å². The number of aromatic amines is 1. The second kappa shape index (κ2) is 6.12. The van der Waals surface area contributed by atoms with E-state index in [0.717, 1.165) is 11.2 Å². The molecule has 2 N–H and O–H groups in total. The Morgan fingerprint density at radius 3 is 2.76 bits per heavy atom. The smallest absolute Gasteiger partial charge is 0.273 e. The van der Waals surface area contributed by atoms with Gasteiger partial charge in [0.05, 0.1) is 23.7 Å². The quantitative estimate of drug-likeness (QED) is 0.600. The van der Waals surface area contributed by atoms with Gasteiger partial charge in [-0.2, -0.15) is 0 Å². The average Bonchev–Trinajstić information content (AvgIpc) is 2.99. The fourth-order valence-electron chi connectivity index (χ4n) is 2.66. The highest BCUT2D eigenvalue weighted by Gasteiger charge is 2.11. The molecule has 124 valence electrons. The zero-order valence-corrected chi connectivity index (χ0v) is 13.4. The van der Waals surface area contributed by atoms with E-state index in [9.17, 15) is 4.79 Å². The van der Waals surface area contributed by atoms with Crippen molar-refractivity contribution in [2.24, 2.45) is 0 Å². The van der Waals surface area contributed by atoms with E-state index in [4.69, 9.17) is 4.74 Å². The maximum absolute atomic E-state index is 12.2. The molecule has 0 radical (unpaired) electrons. The van der Waals surface area contributed by atoms with Crippen molar-refractivity contribution in [1.82, 2.24) is 19.7 Å². The molecular formula is C18H15N5O2. The Labute approximate surface area is 142 Å². The summed E-state index contributed by atoms with van der Waals surface area (Å²) in [7, 11) is 1.56. The number of hydrogen-bond donors (Lipinski definition) is 2. The molecule has 0 spiro atoms. The van der Waals surface area contributed by atoms with Gasteiger partial charge in [0.25, 0.3) is 5.56 Å². The first-order valence-electron chi connectivity index (χ1n) is 7.68. The number of ether oxygens (including phenoxy) is 1. The monoisotopic (exact) mass is 333 g/mol. The number of nitrogens with zero attached hydrogens (tertiary/aromatic N) is 3. The highest BCUT2D eigenvalue weighted by atomic mass is 16.5. The van der Waals surface area contributed by atoms with Crippen LogP contribution in [0.1, 0.15) is 0 Å². The van der Waals surface area contributed by atoms with Gasteiger partial charge in [-0.05, 0) is 24.3 Å². The van der Waals surface area contributed by atoms with Crippen molar-refractivity contribution in [3.63, 3.8) is 0 Å². The summed E-state index contributed by atoms with van der Waals surface area (Å²) >= 11 is 0. The summed E-state index contributed by atoms with van der Waals surface area (Å²) in [4.78, 5) is 20.6. The number of hydrogen-bond acceptors (Lipinski definition) is 5. The van der Waals surface area contributed by atoms with Crippen LogP contribution in [0.3, 0.4) is 0 Å². The van der Waals surface area contributed by atoms with Crippen molar-refractivity contribution < 1.29 is 4.74 Å². The van der Waals surface area contributed by atoms with Crippen LogP contribution >= 0.6 is 0 Å². The maximum atomic E-state index is 12.2. The minimum Gasteiger partial charge on any atom is -0.480 e. The first-order valence-corrected chi connectivity index (χ1v) is 7.68. The highest BCUT2D eigenvalue weighted by Crippen LogP contribution is 2.25. The number of aromatic nitrogens is 4. The molecule has 4 rings (SSSR count). The minimum atomic E-state index is -0.183. The fourth-order valence-corrected chi connectivity index (χ4v) is 2.66. The molecule has 0 bridgehead atoms. The lowest BCUT2D eigenvalue weighted by atomic mass is 10.3. The van der Waals surface area contributed by atoms with Gasteiger partial charge in [-0.3, -0.25) is 14.6 Å². The zero-order chi connectivity index (χ0) is 17.2. The third kappa shape index (κ3) is 2.72. The number of nitrogens with one attached hydrogen (secondary N) is 2. The van der Waals surface area contributed by atoms with Crippen molar-refractivity contribution in [2.75, 3.05) is 12.4 Å². The largest absolute Gasteiger partial charge is 0.480 e. The summed E-state index contributed by atoms with van der Waals surface area (Å²) in [5.74, 6) is 1.06. The second-order valence-electron chi connectivity index (χ2n) is 5.38. The van der Waals surface area contributed by atoms with E-state index in [2.05, 4.69) is 20.4 Å². The van der Waals surface area contributed by atoms with Crippen LogP contribution in [-0.4, -0.2) is 26.9 Å².